The molecule has 1 aromatic heterocycles. The molecule has 0 spiro atoms. The smallest absolute Gasteiger partial charge is 0.271 e. The van der Waals surface area contributed by atoms with Crippen molar-refractivity contribution in [2.75, 3.05) is 11.3 Å². The van der Waals surface area contributed by atoms with E-state index in [4.69, 9.17) is 0 Å². The zero-order chi connectivity index (χ0) is 17.5. The summed E-state index contributed by atoms with van der Waals surface area (Å²) in [6, 6.07) is 7.38. The van der Waals surface area contributed by atoms with Crippen LogP contribution >= 0.6 is 11.3 Å². The first-order valence-electron chi connectivity index (χ1n) is 7.73. The molecule has 2 heterocycles. The summed E-state index contributed by atoms with van der Waals surface area (Å²) in [6.07, 6.45) is 0.707. The first-order valence-corrected chi connectivity index (χ1v) is 10.0. The fourth-order valence-electron chi connectivity index (χ4n) is 2.75. The molecule has 5 nitrogen and oxygen atoms in total. The van der Waals surface area contributed by atoms with Crippen LogP contribution in [0, 0.1) is 13.8 Å². The number of fused-ring (bicyclic) bond motifs is 1. The van der Waals surface area contributed by atoms with Gasteiger partial charge in [0.15, 0.2) is 0 Å². The summed E-state index contributed by atoms with van der Waals surface area (Å²) < 4.78 is 28.4. The number of amides is 1. The Labute approximate surface area is 146 Å². The monoisotopic (exact) mass is 364 g/mol. The van der Waals surface area contributed by atoms with E-state index in [0.717, 1.165) is 21.6 Å². The largest absolute Gasteiger partial charge is 0.338 e. The molecule has 0 atom stereocenters. The number of nitrogens with zero attached hydrogens (tertiary/aromatic N) is 1. The van der Waals surface area contributed by atoms with Crippen molar-refractivity contribution >= 4 is 33.0 Å². The second-order valence-electron chi connectivity index (χ2n) is 6.13. The second kappa shape index (κ2) is 6.22. The van der Waals surface area contributed by atoms with Gasteiger partial charge in [-0.25, -0.2) is 8.42 Å². The molecule has 3 rings (SSSR count). The highest BCUT2D eigenvalue weighted by Crippen LogP contribution is 2.32. The Balaban J connectivity index is 1.89. The number of nitrogens with one attached hydrogen (secondary N) is 1. The number of hydrogen-bond acceptors (Lipinski definition) is 4. The molecule has 24 heavy (non-hydrogen) atoms. The van der Waals surface area contributed by atoms with Gasteiger partial charge in [0, 0.05) is 24.9 Å². The zero-order valence-corrected chi connectivity index (χ0v) is 15.6. The Kier molecular flexibility index (Phi) is 4.40. The van der Waals surface area contributed by atoms with Crippen molar-refractivity contribution in [3.05, 3.63) is 45.8 Å². The Morgan fingerprint density at radius 1 is 1.25 bits per heavy atom. The Morgan fingerprint density at radius 2 is 2.00 bits per heavy atom. The maximum atomic E-state index is 12.7. The van der Waals surface area contributed by atoms with Crippen molar-refractivity contribution < 1.29 is 13.2 Å². The highest BCUT2D eigenvalue weighted by atomic mass is 32.2. The van der Waals surface area contributed by atoms with Gasteiger partial charge < -0.3 is 4.90 Å². The molecule has 128 valence electrons. The van der Waals surface area contributed by atoms with Gasteiger partial charge in [0.25, 0.3) is 10.0 Å². The van der Waals surface area contributed by atoms with Crippen LogP contribution in [0.3, 0.4) is 0 Å². The van der Waals surface area contributed by atoms with Gasteiger partial charge in [0.05, 0.1) is 5.69 Å². The van der Waals surface area contributed by atoms with Crippen molar-refractivity contribution in [3.63, 3.8) is 0 Å². The summed E-state index contributed by atoms with van der Waals surface area (Å²) in [5, 5.41) is 0. The normalized spacial score (nSPS) is 14.4. The highest BCUT2D eigenvalue weighted by molar-refractivity contribution is 7.94. The molecule has 1 aliphatic heterocycles. The van der Waals surface area contributed by atoms with Gasteiger partial charge in [-0.2, -0.15) is 0 Å². The maximum Gasteiger partial charge on any atom is 0.271 e. The van der Waals surface area contributed by atoms with E-state index in [0.29, 0.717) is 29.4 Å². The number of thiophene rings is 1. The molecule has 0 unspecified atom stereocenters. The van der Waals surface area contributed by atoms with Gasteiger partial charge >= 0.3 is 0 Å². The molecule has 0 radical (unpaired) electrons. The molecule has 1 N–H and O–H groups in total. The minimum absolute atomic E-state index is 0.0183. The summed E-state index contributed by atoms with van der Waals surface area (Å²) in [5.41, 5.74) is 3.42. The van der Waals surface area contributed by atoms with Crippen LogP contribution in [0.2, 0.25) is 0 Å². The fraction of sp³-hybridized carbons (Fsp3) is 0.353. The minimum Gasteiger partial charge on any atom is -0.338 e. The van der Waals surface area contributed by atoms with Gasteiger partial charge in [-0.15, -0.1) is 11.3 Å². The van der Waals surface area contributed by atoms with Crippen LogP contribution in [0.4, 0.5) is 5.69 Å². The number of carbonyl (C=O) groups is 1. The molecule has 0 aliphatic carbocycles. The number of anilines is 1. The van der Waals surface area contributed by atoms with E-state index in [2.05, 4.69) is 4.72 Å². The molecule has 0 saturated heterocycles. The Morgan fingerprint density at radius 3 is 2.71 bits per heavy atom. The Hall–Kier alpha value is -1.86. The topological polar surface area (TPSA) is 66.5 Å². The van der Waals surface area contributed by atoms with Gasteiger partial charge in [-0.05, 0) is 49.1 Å². The van der Waals surface area contributed by atoms with Crippen LogP contribution in [0.5, 0.6) is 0 Å². The van der Waals surface area contributed by atoms with Crippen LogP contribution in [-0.4, -0.2) is 25.8 Å². The van der Waals surface area contributed by atoms with Crippen LogP contribution in [0.1, 0.15) is 28.5 Å². The molecule has 1 amide bonds. The van der Waals surface area contributed by atoms with Crippen molar-refractivity contribution in [1.82, 2.24) is 4.90 Å². The molecule has 2 aromatic rings. The van der Waals surface area contributed by atoms with E-state index in [1.165, 1.54) is 18.3 Å². The predicted octanol–water partition coefficient (Wildman–Crippen LogP) is 3.07. The van der Waals surface area contributed by atoms with E-state index in [1.807, 2.05) is 32.0 Å². The molecule has 1 aromatic carbocycles. The van der Waals surface area contributed by atoms with Crippen molar-refractivity contribution in [3.8, 4) is 0 Å². The van der Waals surface area contributed by atoms with Crippen LogP contribution in [0.25, 0.3) is 0 Å². The summed E-state index contributed by atoms with van der Waals surface area (Å²) in [5.74, 6) is 0.0183. The SMILES string of the molecule is CC(=O)N1CCc2sc(S(=O)(=O)Nc3cc(C)ccc3C)cc2C1. The van der Waals surface area contributed by atoms with Gasteiger partial charge in [0.2, 0.25) is 5.91 Å². The molecule has 0 saturated carbocycles. The summed E-state index contributed by atoms with van der Waals surface area (Å²) in [7, 11) is -3.62. The first-order chi connectivity index (χ1) is 11.3. The average Bonchev–Trinajstić information content (AvgIpc) is 2.94. The summed E-state index contributed by atoms with van der Waals surface area (Å²) in [6.45, 7) is 6.48. The molecule has 0 fully saturated rings. The minimum atomic E-state index is -3.62. The molecule has 1 aliphatic rings. The van der Waals surface area contributed by atoms with Crippen molar-refractivity contribution in [1.29, 1.82) is 0 Å². The third-order valence-corrected chi connectivity index (χ3v) is 7.27. The predicted molar refractivity (Wildman–Crippen MR) is 95.8 cm³/mol. The third-order valence-electron chi connectivity index (χ3n) is 4.19. The van der Waals surface area contributed by atoms with E-state index < -0.39 is 10.0 Å². The standard InChI is InChI=1S/C17H20N2O3S2/c1-11-4-5-12(2)15(8-11)18-24(21,22)17-9-14-10-19(13(3)20)7-6-16(14)23-17/h4-5,8-9,18H,6-7,10H2,1-3H3. The first kappa shape index (κ1) is 17.0. The fourth-order valence-corrected chi connectivity index (χ4v) is 5.41. The van der Waals surface area contributed by atoms with E-state index in [-0.39, 0.29) is 5.91 Å². The summed E-state index contributed by atoms with van der Waals surface area (Å²) in [4.78, 5) is 14.3. The third kappa shape index (κ3) is 3.32. The second-order valence-corrected chi connectivity index (χ2v) is 9.17. The summed E-state index contributed by atoms with van der Waals surface area (Å²) >= 11 is 1.30. The van der Waals surface area contributed by atoms with E-state index >= 15 is 0 Å². The number of rotatable bonds is 3. The van der Waals surface area contributed by atoms with Crippen LogP contribution < -0.4 is 4.72 Å². The van der Waals surface area contributed by atoms with Crippen LogP contribution in [0.15, 0.2) is 28.5 Å². The lowest BCUT2D eigenvalue weighted by Gasteiger charge is -2.25. The number of carbonyl (C=O) groups excluding carboxylic acids is 1. The van der Waals surface area contributed by atoms with Gasteiger partial charge in [-0.1, -0.05) is 12.1 Å². The van der Waals surface area contributed by atoms with Crippen molar-refractivity contribution in [2.24, 2.45) is 0 Å². The quantitative estimate of drug-likeness (QED) is 0.910. The van der Waals surface area contributed by atoms with E-state index in [9.17, 15) is 13.2 Å². The van der Waals surface area contributed by atoms with Gasteiger partial charge in [-0.3, -0.25) is 9.52 Å². The van der Waals surface area contributed by atoms with Crippen LogP contribution in [-0.2, 0) is 27.8 Å². The lowest BCUT2D eigenvalue weighted by Crippen LogP contribution is -2.33. The number of hydrogen-bond donors (Lipinski definition) is 1. The van der Waals surface area contributed by atoms with E-state index in [1.54, 1.807) is 11.0 Å². The zero-order valence-electron chi connectivity index (χ0n) is 13.9. The Bertz CT molecular complexity index is 901. The lowest BCUT2D eigenvalue weighted by atomic mass is 10.1. The maximum absolute atomic E-state index is 12.7. The number of sulfonamides is 1. The molecule has 7 heteroatoms. The van der Waals surface area contributed by atoms with Crippen molar-refractivity contribution in [2.45, 2.75) is 37.9 Å². The highest BCUT2D eigenvalue weighted by Gasteiger charge is 2.25. The average molecular weight is 364 g/mol. The lowest BCUT2D eigenvalue weighted by molar-refractivity contribution is -0.129. The number of aryl methyl sites for hydroxylation is 2. The molecular formula is C17H20N2O3S2. The molecule has 0 bridgehead atoms. The molecular weight excluding hydrogens is 344 g/mol. The van der Waals surface area contributed by atoms with Gasteiger partial charge in [0.1, 0.15) is 4.21 Å². The number of benzene rings is 1.